The number of hydrazine groups is 1. The molecular weight excluding hydrogens is 646 g/mol. The van der Waals surface area contributed by atoms with Crippen molar-refractivity contribution in [2.45, 2.75) is 78.0 Å². The van der Waals surface area contributed by atoms with Crippen LogP contribution in [-0.2, 0) is 33.8 Å². The smallest absolute Gasteiger partial charge is 0.408 e. The van der Waals surface area contributed by atoms with E-state index < -0.39 is 41.9 Å². The van der Waals surface area contributed by atoms with Crippen LogP contribution in [0.5, 0.6) is 0 Å². The largest absolute Gasteiger partial charge is 0.445 e. The Balaban J connectivity index is 1.54. The molecule has 0 fully saturated rings. The van der Waals surface area contributed by atoms with E-state index in [0.29, 0.717) is 6.42 Å². The summed E-state index contributed by atoms with van der Waals surface area (Å²) in [7, 11) is 0. The maximum Gasteiger partial charge on any atom is 0.408 e. The van der Waals surface area contributed by atoms with Crippen molar-refractivity contribution >= 4 is 18.1 Å². The van der Waals surface area contributed by atoms with Crippen molar-refractivity contribution in [1.82, 2.24) is 26.1 Å². The molecule has 0 bridgehead atoms. The Hall–Kier alpha value is -5.26. The molecule has 4 N–H and O–H groups in total. The van der Waals surface area contributed by atoms with Crippen LogP contribution in [0, 0.1) is 5.92 Å². The summed E-state index contributed by atoms with van der Waals surface area (Å²) < 4.78 is 10.9. The Kier molecular flexibility index (Phi) is 14.1. The number of carbonyl (C=O) groups is 3. The zero-order valence-electron chi connectivity index (χ0n) is 29.9. The van der Waals surface area contributed by atoms with Gasteiger partial charge < -0.3 is 25.2 Å². The number of hydrogen-bond donors (Lipinski definition) is 4. The molecule has 0 aliphatic heterocycles. The molecule has 4 aromatic rings. The summed E-state index contributed by atoms with van der Waals surface area (Å²) >= 11 is 0. The van der Waals surface area contributed by atoms with Crippen molar-refractivity contribution in [2.75, 3.05) is 6.54 Å². The molecule has 1 aromatic heterocycles. The number of carbonyl (C=O) groups excluding carboxylic acids is 3. The highest BCUT2D eigenvalue weighted by atomic mass is 16.6. The lowest BCUT2D eigenvalue weighted by Crippen LogP contribution is -2.57. The van der Waals surface area contributed by atoms with Gasteiger partial charge in [-0.25, -0.2) is 14.6 Å². The third-order valence-electron chi connectivity index (χ3n) is 7.86. The van der Waals surface area contributed by atoms with Crippen LogP contribution in [0.4, 0.5) is 9.59 Å². The van der Waals surface area contributed by atoms with E-state index in [0.717, 1.165) is 27.9 Å². The molecule has 0 aliphatic rings. The normalized spacial score (nSPS) is 13.2. The minimum Gasteiger partial charge on any atom is -0.445 e. The Bertz CT molecular complexity index is 1660. The van der Waals surface area contributed by atoms with Gasteiger partial charge in [-0.05, 0) is 61.9 Å². The average molecular weight is 696 g/mol. The number of ether oxygens (including phenoxy) is 2. The fourth-order valence-electron chi connectivity index (χ4n) is 5.30. The van der Waals surface area contributed by atoms with E-state index in [-0.39, 0.29) is 25.6 Å². The Morgan fingerprint density at radius 2 is 1.41 bits per heavy atom. The Labute approximate surface area is 300 Å². The third kappa shape index (κ3) is 13.2. The fourth-order valence-corrected chi connectivity index (χ4v) is 5.30. The molecule has 11 nitrogen and oxygen atoms in total. The second kappa shape index (κ2) is 18.7. The van der Waals surface area contributed by atoms with Gasteiger partial charge in [-0.1, -0.05) is 105 Å². The summed E-state index contributed by atoms with van der Waals surface area (Å²) in [6, 6.07) is 30.5. The number of aliphatic hydroxyl groups is 1. The molecule has 3 amide bonds. The van der Waals surface area contributed by atoms with Gasteiger partial charge in [0, 0.05) is 24.8 Å². The number of rotatable bonds is 15. The van der Waals surface area contributed by atoms with Crippen LogP contribution in [-0.4, -0.2) is 63.5 Å². The first-order valence-corrected chi connectivity index (χ1v) is 17.1. The van der Waals surface area contributed by atoms with Gasteiger partial charge in [-0.2, -0.15) is 0 Å². The van der Waals surface area contributed by atoms with Gasteiger partial charge in [0.05, 0.1) is 17.8 Å². The second-order valence-corrected chi connectivity index (χ2v) is 13.7. The summed E-state index contributed by atoms with van der Waals surface area (Å²) in [6.07, 6.45) is -0.497. The van der Waals surface area contributed by atoms with E-state index in [1.54, 1.807) is 32.0 Å². The monoisotopic (exact) mass is 695 g/mol. The van der Waals surface area contributed by atoms with Crippen molar-refractivity contribution in [1.29, 1.82) is 0 Å². The number of hydrogen-bond acceptors (Lipinski definition) is 8. The highest BCUT2D eigenvalue weighted by Crippen LogP contribution is 2.18. The molecule has 0 aliphatic carbocycles. The fraction of sp³-hybridized carbons (Fsp3) is 0.350. The number of aromatic nitrogens is 1. The van der Waals surface area contributed by atoms with E-state index >= 15 is 0 Å². The minimum absolute atomic E-state index is 0.0549. The molecule has 270 valence electrons. The molecule has 0 saturated heterocycles. The van der Waals surface area contributed by atoms with Crippen molar-refractivity contribution in [2.24, 2.45) is 5.92 Å². The number of nitrogens with one attached hydrogen (secondary N) is 3. The predicted octanol–water partition coefficient (Wildman–Crippen LogP) is 6.03. The second-order valence-electron chi connectivity index (χ2n) is 13.7. The third-order valence-corrected chi connectivity index (χ3v) is 7.86. The van der Waals surface area contributed by atoms with Crippen LogP contribution in [0.1, 0.15) is 51.3 Å². The van der Waals surface area contributed by atoms with E-state index in [1.165, 1.54) is 0 Å². The lowest BCUT2D eigenvalue weighted by molar-refractivity contribution is -0.130. The molecule has 1 unspecified atom stereocenters. The number of pyridine rings is 1. The lowest BCUT2D eigenvalue weighted by atomic mass is 10.0. The topological polar surface area (TPSA) is 142 Å². The first kappa shape index (κ1) is 38.5. The van der Waals surface area contributed by atoms with Crippen molar-refractivity contribution in [3.63, 3.8) is 0 Å². The van der Waals surface area contributed by atoms with Crippen LogP contribution in [0.15, 0.2) is 109 Å². The van der Waals surface area contributed by atoms with Crippen LogP contribution >= 0.6 is 0 Å². The molecule has 0 saturated carbocycles. The summed E-state index contributed by atoms with van der Waals surface area (Å²) in [5.41, 5.74) is 6.50. The molecule has 51 heavy (non-hydrogen) atoms. The van der Waals surface area contributed by atoms with E-state index in [9.17, 15) is 19.5 Å². The van der Waals surface area contributed by atoms with Gasteiger partial charge in [0.25, 0.3) is 5.91 Å². The van der Waals surface area contributed by atoms with Crippen LogP contribution in [0.3, 0.4) is 0 Å². The lowest BCUT2D eigenvalue weighted by Gasteiger charge is -2.32. The first-order chi connectivity index (χ1) is 24.4. The average Bonchev–Trinajstić information content (AvgIpc) is 3.10. The molecule has 11 heteroatoms. The predicted molar refractivity (Wildman–Crippen MR) is 196 cm³/mol. The first-order valence-electron chi connectivity index (χ1n) is 17.1. The Morgan fingerprint density at radius 3 is 2.00 bits per heavy atom. The Morgan fingerprint density at radius 1 is 0.784 bits per heavy atom. The van der Waals surface area contributed by atoms with E-state index in [1.807, 2.05) is 117 Å². The van der Waals surface area contributed by atoms with Crippen molar-refractivity contribution in [3.05, 3.63) is 126 Å². The summed E-state index contributed by atoms with van der Waals surface area (Å²) in [6.45, 7) is 9.13. The zero-order chi connectivity index (χ0) is 36.8. The van der Waals surface area contributed by atoms with Crippen LogP contribution in [0.25, 0.3) is 11.3 Å². The van der Waals surface area contributed by atoms with Gasteiger partial charge in [0.15, 0.2) is 0 Å². The molecule has 4 rings (SSSR count). The summed E-state index contributed by atoms with van der Waals surface area (Å²) in [4.78, 5) is 43.9. The number of alkyl carbamates (subject to hydrolysis) is 2. The standard InChI is InChI=1S/C40H49N5O6/c1-28(2)36(43-38(48)50-27-31-16-10-7-11-17-31)37(47)44-45(25-30-19-21-32(22-20-30)33-18-12-13-23-41-33)26-35(46)34(24-29-14-8-6-9-15-29)42-39(49)51-40(3,4)5/h6-23,28,34-36,46H,24-27H2,1-5H3,(H,42,49)(H,43,48)(H,44,47)/t34-,35-,36?/m0/s1. The molecule has 3 atom stereocenters. The number of amides is 3. The van der Waals surface area contributed by atoms with Crippen LogP contribution < -0.4 is 16.1 Å². The van der Waals surface area contributed by atoms with Gasteiger partial charge in [-0.15, -0.1) is 0 Å². The highest BCUT2D eigenvalue weighted by molar-refractivity contribution is 5.85. The molecule has 0 spiro atoms. The number of benzene rings is 3. The SMILES string of the molecule is CC(C)C(NC(=O)OCc1ccccc1)C(=O)NN(Cc1ccc(-c2ccccn2)cc1)C[C@H](O)[C@H](Cc1ccccc1)NC(=O)OC(C)(C)C. The molecule has 0 radical (unpaired) electrons. The van der Waals surface area contributed by atoms with Gasteiger partial charge >= 0.3 is 12.2 Å². The summed E-state index contributed by atoms with van der Waals surface area (Å²) in [5.74, 6) is -0.781. The van der Waals surface area contributed by atoms with Crippen molar-refractivity contribution < 1.29 is 29.0 Å². The molecule has 3 aromatic carbocycles. The quantitative estimate of drug-likeness (QED) is 0.111. The number of aliphatic hydroxyl groups excluding tert-OH is 1. The highest BCUT2D eigenvalue weighted by Gasteiger charge is 2.30. The van der Waals surface area contributed by atoms with E-state index in [4.69, 9.17) is 9.47 Å². The molecular formula is C40H49N5O6. The van der Waals surface area contributed by atoms with Crippen LogP contribution in [0.2, 0.25) is 0 Å². The molecule has 1 heterocycles. The number of nitrogens with zero attached hydrogens (tertiary/aromatic N) is 2. The van der Waals surface area contributed by atoms with Gasteiger partial charge in [0.1, 0.15) is 18.2 Å². The van der Waals surface area contributed by atoms with E-state index in [2.05, 4.69) is 21.0 Å². The van der Waals surface area contributed by atoms with Gasteiger partial charge in [-0.3, -0.25) is 15.2 Å². The van der Waals surface area contributed by atoms with Gasteiger partial charge in [0.2, 0.25) is 0 Å². The summed E-state index contributed by atoms with van der Waals surface area (Å²) in [5, 5.41) is 18.8. The maximum absolute atomic E-state index is 13.8. The zero-order valence-corrected chi connectivity index (χ0v) is 29.9. The maximum atomic E-state index is 13.8. The minimum atomic E-state index is -1.15. The van der Waals surface area contributed by atoms with Crippen molar-refractivity contribution in [3.8, 4) is 11.3 Å².